The Bertz CT molecular complexity index is 452. The number of piperidine rings is 1. The molecule has 19 heavy (non-hydrogen) atoms. The molecule has 0 bridgehead atoms. The lowest BCUT2D eigenvalue weighted by molar-refractivity contribution is -0.136. The summed E-state index contributed by atoms with van der Waals surface area (Å²) in [6.07, 6.45) is 1.91. The second-order valence-electron chi connectivity index (χ2n) is 5.33. The van der Waals surface area contributed by atoms with Crippen molar-refractivity contribution in [2.75, 3.05) is 20.1 Å². The fourth-order valence-corrected chi connectivity index (χ4v) is 3.68. The summed E-state index contributed by atoms with van der Waals surface area (Å²) >= 11 is 1.70. The van der Waals surface area contributed by atoms with Crippen LogP contribution in [0, 0.1) is 19.8 Å². The average molecular weight is 281 g/mol. The maximum Gasteiger partial charge on any atom is 0.226 e. The van der Waals surface area contributed by atoms with Crippen LogP contribution in [0.3, 0.4) is 0 Å². The first kappa shape index (κ1) is 14.5. The Morgan fingerprint density at radius 2 is 2.05 bits per heavy atom. The predicted molar refractivity (Wildman–Crippen MR) is 78.4 cm³/mol. The number of aryl methyl sites for hydroxylation is 2. The van der Waals surface area contributed by atoms with Gasteiger partial charge in [-0.15, -0.1) is 11.3 Å². The maximum atomic E-state index is 12.5. The van der Waals surface area contributed by atoms with E-state index in [0.29, 0.717) is 0 Å². The molecule has 5 heteroatoms. The highest BCUT2D eigenvalue weighted by Gasteiger charge is 2.28. The summed E-state index contributed by atoms with van der Waals surface area (Å²) < 4.78 is 0. The number of amides is 1. The fourth-order valence-electron chi connectivity index (χ4n) is 2.66. The second-order valence-corrected chi connectivity index (χ2v) is 6.57. The van der Waals surface area contributed by atoms with Gasteiger partial charge in [0, 0.05) is 17.8 Å². The molecule has 0 aliphatic carbocycles. The van der Waals surface area contributed by atoms with Crippen molar-refractivity contribution in [3.8, 4) is 0 Å². The van der Waals surface area contributed by atoms with E-state index in [4.69, 9.17) is 0 Å². The Kier molecular flexibility index (Phi) is 4.58. The summed E-state index contributed by atoms with van der Waals surface area (Å²) in [6, 6.07) is 0.119. The second kappa shape index (κ2) is 6.01. The van der Waals surface area contributed by atoms with Crippen LogP contribution in [0.1, 0.15) is 41.4 Å². The van der Waals surface area contributed by atoms with E-state index in [0.717, 1.165) is 36.6 Å². The number of nitrogens with zero attached hydrogens (tertiary/aromatic N) is 2. The Morgan fingerprint density at radius 1 is 1.42 bits per heavy atom. The number of nitrogens with one attached hydrogen (secondary N) is 1. The van der Waals surface area contributed by atoms with Gasteiger partial charge in [-0.25, -0.2) is 4.98 Å². The summed E-state index contributed by atoms with van der Waals surface area (Å²) in [6.45, 7) is 8.05. The molecule has 1 fully saturated rings. The first-order valence-electron chi connectivity index (χ1n) is 6.92. The number of thiazole rings is 1. The molecule has 1 aliphatic rings. The van der Waals surface area contributed by atoms with Gasteiger partial charge in [-0.05, 0) is 46.7 Å². The molecule has 1 atom stereocenters. The van der Waals surface area contributed by atoms with Crippen LogP contribution in [0.15, 0.2) is 0 Å². The van der Waals surface area contributed by atoms with Crippen LogP contribution < -0.4 is 5.32 Å². The molecule has 0 saturated carbocycles. The van der Waals surface area contributed by atoms with E-state index in [2.05, 4.69) is 17.2 Å². The van der Waals surface area contributed by atoms with Crippen LogP contribution in [0.25, 0.3) is 0 Å². The van der Waals surface area contributed by atoms with E-state index in [-0.39, 0.29) is 17.9 Å². The van der Waals surface area contributed by atoms with Crippen molar-refractivity contribution in [3.63, 3.8) is 0 Å². The smallest absolute Gasteiger partial charge is 0.226 e. The van der Waals surface area contributed by atoms with Crippen molar-refractivity contribution in [2.24, 2.45) is 5.92 Å². The molecule has 0 radical (unpaired) electrons. The SMILES string of the molecule is Cc1nc(C)c(C(C)N(C)C(=O)C2CCNCC2)s1. The minimum atomic E-state index is 0.119. The number of aromatic nitrogens is 1. The monoisotopic (exact) mass is 281 g/mol. The lowest BCUT2D eigenvalue weighted by Gasteiger charge is -2.30. The highest BCUT2D eigenvalue weighted by atomic mass is 32.1. The van der Waals surface area contributed by atoms with Gasteiger partial charge in [0.05, 0.1) is 16.7 Å². The molecule has 1 aliphatic heterocycles. The Hall–Kier alpha value is -0.940. The van der Waals surface area contributed by atoms with Gasteiger partial charge in [0.2, 0.25) is 5.91 Å². The summed E-state index contributed by atoms with van der Waals surface area (Å²) in [4.78, 5) is 20.1. The van der Waals surface area contributed by atoms with E-state index >= 15 is 0 Å². The number of hydrogen-bond acceptors (Lipinski definition) is 4. The van der Waals surface area contributed by atoms with Crippen molar-refractivity contribution in [1.82, 2.24) is 15.2 Å². The maximum absolute atomic E-state index is 12.5. The fraction of sp³-hybridized carbons (Fsp3) is 0.714. The van der Waals surface area contributed by atoms with Crippen LogP contribution in [0.4, 0.5) is 0 Å². The van der Waals surface area contributed by atoms with E-state index in [1.54, 1.807) is 11.3 Å². The minimum Gasteiger partial charge on any atom is -0.338 e. The standard InChI is InChI=1S/C14H23N3OS/c1-9-13(19-11(3)16-9)10(2)17(4)14(18)12-5-7-15-8-6-12/h10,12,15H,5-8H2,1-4H3. The van der Waals surface area contributed by atoms with Crippen LogP contribution in [-0.2, 0) is 4.79 Å². The molecule has 106 valence electrons. The zero-order chi connectivity index (χ0) is 14.0. The number of carbonyl (C=O) groups excluding carboxylic acids is 1. The number of rotatable bonds is 3. The molecular formula is C14H23N3OS. The molecular weight excluding hydrogens is 258 g/mol. The quantitative estimate of drug-likeness (QED) is 0.924. The molecule has 1 amide bonds. The zero-order valence-electron chi connectivity index (χ0n) is 12.2. The Morgan fingerprint density at radius 3 is 2.58 bits per heavy atom. The van der Waals surface area contributed by atoms with Gasteiger partial charge in [0.1, 0.15) is 0 Å². The van der Waals surface area contributed by atoms with Crippen LogP contribution >= 0.6 is 11.3 Å². The molecule has 2 rings (SSSR count). The third-order valence-electron chi connectivity index (χ3n) is 3.94. The first-order valence-corrected chi connectivity index (χ1v) is 7.73. The van der Waals surface area contributed by atoms with Gasteiger partial charge in [-0.1, -0.05) is 0 Å². The number of carbonyl (C=O) groups is 1. The normalized spacial score (nSPS) is 18.3. The molecule has 4 nitrogen and oxygen atoms in total. The van der Waals surface area contributed by atoms with Crippen molar-refractivity contribution < 1.29 is 4.79 Å². The van der Waals surface area contributed by atoms with Crippen molar-refractivity contribution in [2.45, 2.75) is 39.7 Å². The Labute approximate surface area is 119 Å². The van der Waals surface area contributed by atoms with Crippen LogP contribution in [0.5, 0.6) is 0 Å². The lowest BCUT2D eigenvalue weighted by atomic mass is 9.96. The highest BCUT2D eigenvalue weighted by molar-refractivity contribution is 7.11. The van der Waals surface area contributed by atoms with Gasteiger partial charge in [-0.2, -0.15) is 0 Å². The number of hydrogen-bond donors (Lipinski definition) is 1. The van der Waals surface area contributed by atoms with Crippen molar-refractivity contribution in [3.05, 3.63) is 15.6 Å². The van der Waals surface area contributed by atoms with Gasteiger partial charge >= 0.3 is 0 Å². The third-order valence-corrected chi connectivity index (χ3v) is 5.18. The molecule has 1 unspecified atom stereocenters. The largest absolute Gasteiger partial charge is 0.338 e. The molecule has 1 aromatic rings. The van der Waals surface area contributed by atoms with Crippen molar-refractivity contribution >= 4 is 17.2 Å². The molecule has 1 aromatic heterocycles. The van der Waals surface area contributed by atoms with Gasteiger partial charge in [0.25, 0.3) is 0 Å². The molecule has 1 N–H and O–H groups in total. The Balaban J connectivity index is 2.07. The highest BCUT2D eigenvalue weighted by Crippen LogP contribution is 2.29. The lowest BCUT2D eigenvalue weighted by Crippen LogP contribution is -2.40. The predicted octanol–water partition coefficient (Wildman–Crippen LogP) is 2.28. The molecule has 0 aromatic carbocycles. The first-order chi connectivity index (χ1) is 9.00. The van der Waals surface area contributed by atoms with Gasteiger partial charge in [0.15, 0.2) is 0 Å². The summed E-state index contributed by atoms with van der Waals surface area (Å²) in [5.41, 5.74) is 1.06. The van der Waals surface area contributed by atoms with Crippen LogP contribution in [0.2, 0.25) is 0 Å². The molecule has 2 heterocycles. The van der Waals surface area contributed by atoms with E-state index in [1.165, 1.54) is 4.88 Å². The van der Waals surface area contributed by atoms with Crippen molar-refractivity contribution in [1.29, 1.82) is 0 Å². The van der Waals surface area contributed by atoms with E-state index < -0.39 is 0 Å². The topological polar surface area (TPSA) is 45.2 Å². The third kappa shape index (κ3) is 3.15. The zero-order valence-corrected chi connectivity index (χ0v) is 13.0. The summed E-state index contributed by atoms with van der Waals surface area (Å²) in [5, 5.41) is 4.37. The minimum absolute atomic E-state index is 0.119. The van der Waals surface area contributed by atoms with Gasteiger partial charge in [-0.3, -0.25) is 4.79 Å². The molecule has 0 spiro atoms. The van der Waals surface area contributed by atoms with E-state index in [9.17, 15) is 4.79 Å². The van der Waals surface area contributed by atoms with E-state index in [1.807, 2.05) is 25.8 Å². The summed E-state index contributed by atoms with van der Waals surface area (Å²) in [5.74, 6) is 0.461. The molecule has 1 saturated heterocycles. The summed E-state index contributed by atoms with van der Waals surface area (Å²) in [7, 11) is 1.92. The van der Waals surface area contributed by atoms with Gasteiger partial charge < -0.3 is 10.2 Å². The average Bonchev–Trinajstić information content (AvgIpc) is 2.76. The van der Waals surface area contributed by atoms with Crippen LogP contribution in [-0.4, -0.2) is 35.9 Å².